The van der Waals surface area contributed by atoms with Crippen LogP contribution in [0.15, 0.2) is 65.2 Å². The molecule has 4 aromatic rings. The summed E-state index contributed by atoms with van der Waals surface area (Å²) in [7, 11) is 0. The summed E-state index contributed by atoms with van der Waals surface area (Å²) in [6.07, 6.45) is 2.21. The molecule has 1 fully saturated rings. The highest BCUT2D eigenvalue weighted by molar-refractivity contribution is 5.93. The summed E-state index contributed by atoms with van der Waals surface area (Å²) in [5.74, 6) is 1.87. The van der Waals surface area contributed by atoms with Crippen LogP contribution < -0.4 is 10.6 Å². The van der Waals surface area contributed by atoms with E-state index >= 15 is 0 Å². The SMILES string of the molecule is c1ccc(-c2nc(NCc3cc(C4CCNCC4)no3)nc3ccccc23)cc1. The Labute approximate surface area is 169 Å². The van der Waals surface area contributed by atoms with Gasteiger partial charge in [0.15, 0.2) is 5.76 Å². The van der Waals surface area contributed by atoms with E-state index in [-0.39, 0.29) is 0 Å². The first-order valence-corrected chi connectivity index (χ1v) is 10.1. The summed E-state index contributed by atoms with van der Waals surface area (Å²) < 4.78 is 5.55. The minimum Gasteiger partial charge on any atom is -0.359 e. The first-order chi connectivity index (χ1) is 14.4. The second kappa shape index (κ2) is 8.01. The molecule has 1 saturated heterocycles. The second-order valence-corrected chi connectivity index (χ2v) is 7.37. The lowest BCUT2D eigenvalue weighted by molar-refractivity contribution is 0.365. The van der Waals surface area contributed by atoms with Gasteiger partial charge in [-0.15, -0.1) is 0 Å². The highest BCUT2D eigenvalue weighted by Crippen LogP contribution is 2.28. The zero-order valence-corrected chi connectivity index (χ0v) is 16.1. The minimum absolute atomic E-state index is 0.482. The van der Waals surface area contributed by atoms with Crippen molar-refractivity contribution in [1.82, 2.24) is 20.4 Å². The quantitative estimate of drug-likeness (QED) is 0.531. The van der Waals surface area contributed by atoms with Crippen LogP contribution in [0.2, 0.25) is 0 Å². The Morgan fingerprint density at radius 2 is 1.76 bits per heavy atom. The topological polar surface area (TPSA) is 75.9 Å². The Hall–Kier alpha value is -3.25. The van der Waals surface area contributed by atoms with Crippen molar-refractivity contribution in [3.05, 3.63) is 72.1 Å². The van der Waals surface area contributed by atoms with Gasteiger partial charge in [0.2, 0.25) is 5.95 Å². The number of hydrogen-bond donors (Lipinski definition) is 2. The van der Waals surface area contributed by atoms with Gasteiger partial charge in [-0.1, -0.05) is 53.7 Å². The van der Waals surface area contributed by atoms with E-state index in [2.05, 4.69) is 45.0 Å². The van der Waals surface area contributed by atoms with Crippen LogP contribution in [0.1, 0.15) is 30.2 Å². The number of benzene rings is 2. The second-order valence-electron chi connectivity index (χ2n) is 7.37. The molecule has 0 radical (unpaired) electrons. The van der Waals surface area contributed by atoms with Crippen LogP contribution in [0.5, 0.6) is 0 Å². The van der Waals surface area contributed by atoms with E-state index in [4.69, 9.17) is 9.51 Å². The summed E-state index contributed by atoms with van der Waals surface area (Å²) in [4.78, 5) is 9.47. The number of hydrogen-bond acceptors (Lipinski definition) is 6. The summed E-state index contributed by atoms with van der Waals surface area (Å²) >= 11 is 0. The van der Waals surface area contributed by atoms with Crippen LogP contribution in [0.4, 0.5) is 5.95 Å². The van der Waals surface area contributed by atoms with Crippen molar-refractivity contribution < 1.29 is 4.52 Å². The number of para-hydroxylation sites is 1. The molecule has 0 atom stereocenters. The standard InChI is InChI=1S/C23H23N5O/c1-2-6-17(7-3-1)22-19-8-4-5-9-20(19)26-23(27-22)25-15-18-14-21(28-29-18)16-10-12-24-13-11-16/h1-9,14,16,24H,10-13,15H2,(H,25,26,27). The highest BCUT2D eigenvalue weighted by atomic mass is 16.5. The maximum Gasteiger partial charge on any atom is 0.224 e. The number of nitrogens with zero attached hydrogens (tertiary/aromatic N) is 3. The number of fused-ring (bicyclic) bond motifs is 1. The third kappa shape index (κ3) is 3.84. The number of nitrogens with one attached hydrogen (secondary N) is 2. The maximum atomic E-state index is 5.55. The van der Waals surface area contributed by atoms with Gasteiger partial charge in [-0.05, 0) is 32.0 Å². The van der Waals surface area contributed by atoms with Crippen LogP contribution in [-0.2, 0) is 6.54 Å². The van der Waals surface area contributed by atoms with Crippen LogP contribution in [0.25, 0.3) is 22.2 Å². The third-order valence-corrected chi connectivity index (χ3v) is 5.41. The molecule has 0 saturated carbocycles. The molecule has 146 valence electrons. The lowest BCUT2D eigenvalue weighted by atomic mass is 9.95. The van der Waals surface area contributed by atoms with Crippen LogP contribution in [0, 0.1) is 0 Å². The van der Waals surface area contributed by atoms with Gasteiger partial charge in [0.25, 0.3) is 0 Å². The highest BCUT2D eigenvalue weighted by Gasteiger charge is 2.19. The molecule has 2 aromatic carbocycles. The Balaban J connectivity index is 1.39. The molecule has 0 bridgehead atoms. The van der Waals surface area contributed by atoms with Gasteiger partial charge in [-0.3, -0.25) is 0 Å². The number of aromatic nitrogens is 3. The smallest absolute Gasteiger partial charge is 0.224 e. The Morgan fingerprint density at radius 1 is 0.966 bits per heavy atom. The van der Waals surface area contributed by atoms with E-state index in [9.17, 15) is 0 Å². The molecule has 0 aliphatic carbocycles. The fraction of sp³-hybridized carbons (Fsp3) is 0.261. The molecule has 5 rings (SSSR count). The van der Waals surface area contributed by atoms with Gasteiger partial charge in [-0.25, -0.2) is 9.97 Å². The first-order valence-electron chi connectivity index (χ1n) is 10.1. The van der Waals surface area contributed by atoms with E-state index < -0.39 is 0 Å². The Morgan fingerprint density at radius 3 is 2.62 bits per heavy atom. The van der Waals surface area contributed by atoms with E-state index in [1.165, 1.54) is 0 Å². The average Bonchev–Trinajstić information content (AvgIpc) is 3.27. The minimum atomic E-state index is 0.482. The fourth-order valence-electron chi connectivity index (χ4n) is 3.86. The number of piperidine rings is 1. The molecule has 2 N–H and O–H groups in total. The third-order valence-electron chi connectivity index (χ3n) is 5.41. The van der Waals surface area contributed by atoms with Crippen molar-refractivity contribution in [2.75, 3.05) is 18.4 Å². The van der Waals surface area contributed by atoms with Crippen LogP contribution >= 0.6 is 0 Å². The predicted molar refractivity (Wildman–Crippen MR) is 114 cm³/mol. The van der Waals surface area contributed by atoms with Crippen molar-refractivity contribution >= 4 is 16.9 Å². The van der Waals surface area contributed by atoms with Crippen LogP contribution in [-0.4, -0.2) is 28.2 Å². The largest absolute Gasteiger partial charge is 0.359 e. The average molecular weight is 385 g/mol. The van der Waals surface area contributed by atoms with Crippen molar-refractivity contribution in [2.45, 2.75) is 25.3 Å². The first kappa shape index (κ1) is 17.8. The fourth-order valence-corrected chi connectivity index (χ4v) is 3.86. The van der Waals surface area contributed by atoms with Crippen molar-refractivity contribution in [1.29, 1.82) is 0 Å². The van der Waals surface area contributed by atoms with Crippen molar-refractivity contribution in [3.63, 3.8) is 0 Å². The van der Waals surface area contributed by atoms with Gasteiger partial charge in [0.1, 0.15) is 0 Å². The zero-order valence-electron chi connectivity index (χ0n) is 16.1. The molecule has 0 amide bonds. The molecule has 2 aromatic heterocycles. The van der Waals surface area contributed by atoms with Crippen LogP contribution in [0.3, 0.4) is 0 Å². The van der Waals surface area contributed by atoms with E-state index in [0.29, 0.717) is 18.4 Å². The van der Waals surface area contributed by atoms with Crippen molar-refractivity contribution in [2.24, 2.45) is 0 Å². The summed E-state index contributed by atoms with van der Waals surface area (Å²) in [6.45, 7) is 2.58. The lowest BCUT2D eigenvalue weighted by Crippen LogP contribution is -2.26. The number of anilines is 1. The molecule has 6 heteroatoms. The zero-order chi connectivity index (χ0) is 19.5. The molecule has 6 nitrogen and oxygen atoms in total. The molecule has 0 unspecified atom stereocenters. The molecule has 29 heavy (non-hydrogen) atoms. The van der Waals surface area contributed by atoms with Gasteiger partial charge < -0.3 is 15.2 Å². The summed E-state index contributed by atoms with van der Waals surface area (Å²) in [5, 5.41) is 12.0. The molecular formula is C23H23N5O. The Kier molecular flexibility index (Phi) is 4.92. The van der Waals surface area contributed by atoms with E-state index in [1.807, 2.05) is 36.4 Å². The van der Waals surface area contributed by atoms with Crippen molar-refractivity contribution in [3.8, 4) is 11.3 Å². The molecule has 1 aliphatic rings. The van der Waals surface area contributed by atoms with Gasteiger partial charge >= 0.3 is 0 Å². The monoisotopic (exact) mass is 385 g/mol. The predicted octanol–water partition coefficient (Wildman–Crippen LogP) is 4.36. The summed E-state index contributed by atoms with van der Waals surface area (Å²) in [5.41, 5.74) is 3.96. The molecular weight excluding hydrogens is 362 g/mol. The van der Waals surface area contributed by atoms with Gasteiger partial charge in [0, 0.05) is 22.9 Å². The number of rotatable bonds is 5. The van der Waals surface area contributed by atoms with Gasteiger partial charge in [0.05, 0.1) is 23.4 Å². The normalized spacial score (nSPS) is 14.9. The van der Waals surface area contributed by atoms with E-state index in [0.717, 1.165) is 59.5 Å². The Bertz CT molecular complexity index is 1100. The van der Waals surface area contributed by atoms with E-state index in [1.54, 1.807) is 0 Å². The maximum absolute atomic E-state index is 5.55. The molecule has 3 heterocycles. The molecule has 0 spiro atoms. The molecule has 1 aliphatic heterocycles. The summed E-state index contributed by atoms with van der Waals surface area (Å²) in [6, 6.07) is 20.3. The van der Waals surface area contributed by atoms with Gasteiger partial charge in [-0.2, -0.15) is 0 Å². The lowest BCUT2D eigenvalue weighted by Gasteiger charge is -2.19.